The van der Waals surface area contributed by atoms with Crippen molar-refractivity contribution in [2.45, 2.75) is 13.3 Å². The zero-order valence-corrected chi connectivity index (χ0v) is 12.2. The van der Waals surface area contributed by atoms with Crippen molar-refractivity contribution < 1.29 is 5.11 Å². The monoisotopic (exact) mass is 344 g/mol. The number of rotatable bonds is 2. The van der Waals surface area contributed by atoms with Crippen molar-refractivity contribution in [3.8, 4) is 11.6 Å². The second-order valence-corrected chi connectivity index (χ2v) is 5.17. The average molecular weight is 346 g/mol. The summed E-state index contributed by atoms with van der Waals surface area (Å²) in [6.07, 6.45) is 0.301. The van der Waals surface area contributed by atoms with Gasteiger partial charge in [0.05, 0.1) is 16.3 Å². The molecule has 0 spiro atoms. The first kappa shape index (κ1) is 13.9. The molecule has 0 aliphatic rings. The third kappa shape index (κ3) is 2.46. The lowest BCUT2D eigenvalue weighted by atomic mass is 10.2. The van der Waals surface area contributed by atoms with E-state index in [0.717, 1.165) is 9.04 Å². The van der Waals surface area contributed by atoms with E-state index >= 15 is 0 Å². The van der Waals surface area contributed by atoms with Crippen molar-refractivity contribution in [1.82, 2.24) is 9.55 Å². The summed E-state index contributed by atoms with van der Waals surface area (Å²) in [6, 6.07) is 4.86. The number of hydrogen-bond acceptors (Lipinski definition) is 3. The van der Waals surface area contributed by atoms with Crippen molar-refractivity contribution in [1.29, 1.82) is 0 Å². The molecule has 0 aliphatic heterocycles. The molecule has 0 saturated heterocycles. The molecule has 1 heterocycles. The van der Waals surface area contributed by atoms with Gasteiger partial charge in [-0.15, -0.1) is 0 Å². The lowest BCUT2D eigenvalue weighted by molar-refractivity contribution is 0.423. The van der Waals surface area contributed by atoms with Crippen LogP contribution in [0, 0.1) is 0 Å². The number of nitrogens with one attached hydrogen (secondary N) is 1. The SMILES string of the molecule is CCc1c(O)n(-c2ccc(Br)cc2Cl)c(=O)[nH]c1=O. The molecule has 2 N–H and O–H groups in total. The molecular weight excluding hydrogens is 336 g/mol. The molecule has 2 rings (SSSR count). The molecular formula is C12H10BrClN2O3. The van der Waals surface area contributed by atoms with Crippen LogP contribution < -0.4 is 11.2 Å². The highest BCUT2D eigenvalue weighted by Gasteiger charge is 2.15. The minimum absolute atomic E-state index is 0.138. The summed E-state index contributed by atoms with van der Waals surface area (Å²) >= 11 is 9.30. The van der Waals surface area contributed by atoms with Crippen LogP contribution in [0.1, 0.15) is 12.5 Å². The quantitative estimate of drug-likeness (QED) is 0.876. The fourth-order valence-corrected chi connectivity index (χ4v) is 2.52. The van der Waals surface area contributed by atoms with Crippen LogP contribution in [0.5, 0.6) is 5.88 Å². The highest BCUT2D eigenvalue weighted by Crippen LogP contribution is 2.26. The van der Waals surface area contributed by atoms with E-state index in [-0.39, 0.29) is 16.5 Å². The molecule has 0 atom stereocenters. The van der Waals surface area contributed by atoms with E-state index in [0.29, 0.717) is 12.1 Å². The first-order valence-electron chi connectivity index (χ1n) is 5.48. The van der Waals surface area contributed by atoms with Crippen LogP contribution in [0.3, 0.4) is 0 Å². The van der Waals surface area contributed by atoms with Crippen LogP contribution in [0.2, 0.25) is 5.02 Å². The van der Waals surface area contributed by atoms with Crippen molar-refractivity contribution in [3.63, 3.8) is 0 Å². The number of nitrogens with zero attached hydrogens (tertiary/aromatic N) is 1. The second-order valence-electron chi connectivity index (χ2n) is 3.85. The Kier molecular flexibility index (Phi) is 3.82. The molecule has 1 aromatic heterocycles. The molecule has 1 aromatic carbocycles. The van der Waals surface area contributed by atoms with Gasteiger partial charge in [0.15, 0.2) is 0 Å². The smallest absolute Gasteiger partial charge is 0.335 e. The van der Waals surface area contributed by atoms with Crippen molar-refractivity contribution >= 4 is 27.5 Å². The molecule has 19 heavy (non-hydrogen) atoms. The van der Waals surface area contributed by atoms with Crippen LogP contribution >= 0.6 is 27.5 Å². The van der Waals surface area contributed by atoms with Gasteiger partial charge in [0.25, 0.3) is 5.56 Å². The minimum atomic E-state index is -0.732. The van der Waals surface area contributed by atoms with E-state index < -0.39 is 11.2 Å². The van der Waals surface area contributed by atoms with Crippen LogP contribution in [0.15, 0.2) is 32.3 Å². The maximum Gasteiger partial charge on any atom is 0.335 e. The summed E-state index contributed by atoms with van der Waals surface area (Å²) in [5.74, 6) is -0.388. The Morgan fingerprint density at radius 1 is 1.42 bits per heavy atom. The summed E-state index contributed by atoms with van der Waals surface area (Å²) in [5, 5.41) is 10.3. The zero-order chi connectivity index (χ0) is 14.2. The molecule has 0 aliphatic carbocycles. The van der Waals surface area contributed by atoms with E-state index in [1.165, 1.54) is 0 Å². The average Bonchev–Trinajstić information content (AvgIpc) is 2.31. The number of aromatic hydroxyl groups is 1. The highest BCUT2D eigenvalue weighted by molar-refractivity contribution is 9.10. The van der Waals surface area contributed by atoms with Crippen LogP contribution in [-0.2, 0) is 6.42 Å². The second kappa shape index (κ2) is 5.22. The molecule has 0 unspecified atom stereocenters. The Balaban J connectivity index is 2.83. The number of halogens is 2. The molecule has 100 valence electrons. The van der Waals surface area contributed by atoms with Crippen molar-refractivity contribution in [2.24, 2.45) is 0 Å². The Morgan fingerprint density at radius 3 is 2.68 bits per heavy atom. The van der Waals surface area contributed by atoms with Gasteiger partial charge in [0.1, 0.15) is 0 Å². The Hall–Kier alpha value is -1.53. The minimum Gasteiger partial charge on any atom is -0.494 e. The Labute approximate surface area is 121 Å². The topological polar surface area (TPSA) is 75.1 Å². The zero-order valence-electron chi connectivity index (χ0n) is 9.91. The number of H-pyrrole nitrogens is 1. The number of benzene rings is 1. The molecule has 0 fully saturated rings. The summed E-state index contributed by atoms with van der Waals surface area (Å²) in [7, 11) is 0. The maximum atomic E-state index is 11.8. The molecule has 0 amide bonds. The Morgan fingerprint density at radius 2 is 2.11 bits per heavy atom. The van der Waals surface area contributed by atoms with Crippen LogP contribution in [0.4, 0.5) is 0 Å². The first-order chi connectivity index (χ1) is 8.95. The van der Waals surface area contributed by atoms with Gasteiger partial charge in [-0.05, 0) is 24.6 Å². The van der Waals surface area contributed by atoms with E-state index in [4.69, 9.17) is 11.6 Å². The van der Waals surface area contributed by atoms with E-state index in [1.54, 1.807) is 25.1 Å². The van der Waals surface area contributed by atoms with Gasteiger partial charge < -0.3 is 5.11 Å². The van der Waals surface area contributed by atoms with Gasteiger partial charge >= 0.3 is 5.69 Å². The van der Waals surface area contributed by atoms with Gasteiger partial charge in [0, 0.05) is 4.47 Å². The molecule has 7 heteroatoms. The van der Waals surface area contributed by atoms with E-state index in [1.807, 2.05) is 0 Å². The number of aromatic nitrogens is 2. The third-order valence-corrected chi connectivity index (χ3v) is 3.48. The summed E-state index contributed by atoms with van der Waals surface area (Å²) < 4.78 is 1.73. The standard InChI is InChI=1S/C12H10BrClN2O3/c1-2-7-10(17)15-12(19)16(11(7)18)9-4-3-6(13)5-8(9)14/h3-5,18H,2H2,1H3,(H,15,17,19). The fraction of sp³-hybridized carbons (Fsp3) is 0.167. The molecule has 5 nitrogen and oxygen atoms in total. The van der Waals surface area contributed by atoms with Crippen molar-refractivity contribution in [3.05, 3.63) is 54.1 Å². The van der Waals surface area contributed by atoms with Crippen LogP contribution in [-0.4, -0.2) is 14.7 Å². The van der Waals surface area contributed by atoms with E-state index in [2.05, 4.69) is 20.9 Å². The number of aromatic amines is 1. The summed E-state index contributed by atoms with van der Waals surface area (Å²) in [4.78, 5) is 25.5. The lowest BCUT2D eigenvalue weighted by Gasteiger charge is -2.12. The van der Waals surface area contributed by atoms with Crippen molar-refractivity contribution in [2.75, 3.05) is 0 Å². The maximum absolute atomic E-state index is 11.8. The normalized spacial score (nSPS) is 10.7. The van der Waals surface area contributed by atoms with Gasteiger partial charge in [-0.3, -0.25) is 9.78 Å². The predicted octanol–water partition coefficient (Wildman–Crippen LogP) is 2.21. The first-order valence-corrected chi connectivity index (χ1v) is 6.65. The Bertz CT molecular complexity index is 752. The fourth-order valence-electron chi connectivity index (χ4n) is 1.77. The highest BCUT2D eigenvalue weighted by atomic mass is 79.9. The predicted molar refractivity (Wildman–Crippen MR) is 76.4 cm³/mol. The molecule has 0 radical (unpaired) electrons. The third-order valence-electron chi connectivity index (χ3n) is 2.68. The molecule has 2 aromatic rings. The van der Waals surface area contributed by atoms with Gasteiger partial charge in [-0.25, -0.2) is 9.36 Å². The van der Waals surface area contributed by atoms with Gasteiger partial charge in [-0.2, -0.15) is 0 Å². The summed E-state index contributed by atoms with van der Waals surface area (Å²) in [5.41, 5.74) is -0.879. The summed E-state index contributed by atoms with van der Waals surface area (Å²) in [6.45, 7) is 1.71. The van der Waals surface area contributed by atoms with Gasteiger partial charge in [0.2, 0.25) is 5.88 Å². The number of hydrogen-bond donors (Lipinski definition) is 2. The largest absolute Gasteiger partial charge is 0.494 e. The lowest BCUT2D eigenvalue weighted by Crippen LogP contribution is -2.31. The molecule has 0 saturated carbocycles. The van der Waals surface area contributed by atoms with Crippen LogP contribution in [0.25, 0.3) is 5.69 Å². The van der Waals surface area contributed by atoms with E-state index in [9.17, 15) is 14.7 Å². The molecule has 0 bridgehead atoms. The van der Waals surface area contributed by atoms with Gasteiger partial charge in [-0.1, -0.05) is 34.5 Å².